The molecule has 1 aromatic carbocycles. The van der Waals surface area contributed by atoms with Crippen LogP contribution in [0.3, 0.4) is 0 Å². The molecular formula is C19H25N5. The van der Waals surface area contributed by atoms with E-state index in [-0.39, 0.29) is 0 Å². The summed E-state index contributed by atoms with van der Waals surface area (Å²) in [6.45, 7) is 7.36. The molecular weight excluding hydrogens is 298 g/mol. The highest BCUT2D eigenvalue weighted by Crippen LogP contribution is 2.22. The molecule has 5 nitrogen and oxygen atoms in total. The van der Waals surface area contributed by atoms with Gasteiger partial charge in [0.05, 0.1) is 0 Å². The van der Waals surface area contributed by atoms with E-state index < -0.39 is 0 Å². The lowest BCUT2D eigenvalue weighted by atomic mass is 10.1. The third kappa shape index (κ3) is 3.74. The molecule has 2 heterocycles. The number of anilines is 1. The van der Waals surface area contributed by atoms with Crippen LogP contribution in [-0.2, 0) is 6.54 Å². The third-order valence-electron chi connectivity index (χ3n) is 4.48. The smallest absolute Gasteiger partial charge is 0.225 e. The van der Waals surface area contributed by atoms with Crippen molar-refractivity contribution in [1.29, 1.82) is 0 Å². The van der Waals surface area contributed by atoms with E-state index in [1.54, 1.807) is 0 Å². The summed E-state index contributed by atoms with van der Waals surface area (Å²) in [4.78, 5) is 13.4. The van der Waals surface area contributed by atoms with Crippen molar-refractivity contribution in [3.8, 4) is 11.1 Å². The maximum atomic E-state index is 5.65. The minimum atomic E-state index is 0.474. The van der Waals surface area contributed by atoms with Crippen LogP contribution in [0.2, 0.25) is 0 Å². The van der Waals surface area contributed by atoms with Crippen molar-refractivity contribution in [2.24, 2.45) is 5.73 Å². The lowest BCUT2D eigenvalue weighted by Gasteiger charge is -2.21. The van der Waals surface area contributed by atoms with Gasteiger partial charge in [-0.2, -0.15) is 0 Å². The fraction of sp³-hybridized carbons (Fsp3) is 0.368. The molecule has 0 amide bonds. The molecule has 0 saturated carbocycles. The van der Waals surface area contributed by atoms with Gasteiger partial charge < -0.3 is 15.5 Å². The van der Waals surface area contributed by atoms with E-state index in [9.17, 15) is 0 Å². The summed E-state index contributed by atoms with van der Waals surface area (Å²) in [5.74, 6) is 0.839. The van der Waals surface area contributed by atoms with Gasteiger partial charge in [0.15, 0.2) is 0 Å². The molecule has 126 valence electrons. The van der Waals surface area contributed by atoms with E-state index in [0.717, 1.165) is 42.4 Å². The number of rotatable bonds is 6. The Morgan fingerprint density at radius 2 is 1.92 bits per heavy atom. The van der Waals surface area contributed by atoms with E-state index in [1.807, 2.05) is 19.4 Å². The molecule has 1 aliphatic heterocycles. The molecule has 5 heteroatoms. The van der Waals surface area contributed by atoms with Gasteiger partial charge in [-0.05, 0) is 30.0 Å². The standard InChI is InChI=1S/C19H25N5/c1-15(11-20)23(2)14-16-6-5-7-17(10-16)18-12-21-19(22-13-18)24-8-3-4-9-24/h5-7,10,12-13H,1,3-4,8-9,11,14,20H2,2H3. The molecule has 24 heavy (non-hydrogen) atoms. The SMILES string of the molecule is C=C(CN)N(C)Cc1cccc(-c2cnc(N3CCCC3)nc2)c1. The monoisotopic (exact) mass is 323 g/mol. The average molecular weight is 323 g/mol. The van der Waals surface area contributed by atoms with Crippen LogP contribution in [0.15, 0.2) is 48.9 Å². The number of nitrogens with zero attached hydrogens (tertiary/aromatic N) is 4. The van der Waals surface area contributed by atoms with Crippen LogP contribution in [-0.4, -0.2) is 41.5 Å². The van der Waals surface area contributed by atoms with Gasteiger partial charge in [0.25, 0.3) is 0 Å². The minimum Gasteiger partial charge on any atom is -0.373 e. The Kier molecular flexibility index (Phi) is 5.11. The highest BCUT2D eigenvalue weighted by Gasteiger charge is 2.14. The van der Waals surface area contributed by atoms with Crippen LogP contribution >= 0.6 is 0 Å². The topological polar surface area (TPSA) is 58.3 Å². The van der Waals surface area contributed by atoms with Crippen molar-refractivity contribution in [3.05, 3.63) is 54.5 Å². The van der Waals surface area contributed by atoms with Crippen molar-refractivity contribution in [1.82, 2.24) is 14.9 Å². The van der Waals surface area contributed by atoms with E-state index in [1.165, 1.54) is 18.4 Å². The van der Waals surface area contributed by atoms with Gasteiger partial charge in [-0.1, -0.05) is 24.8 Å². The number of benzene rings is 1. The zero-order valence-corrected chi connectivity index (χ0v) is 14.3. The third-order valence-corrected chi connectivity index (χ3v) is 4.48. The predicted molar refractivity (Wildman–Crippen MR) is 98.6 cm³/mol. The number of likely N-dealkylation sites (N-methyl/N-ethyl adjacent to an activating group) is 1. The second kappa shape index (κ2) is 7.45. The summed E-state index contributed by atoms with van der Waals surface area (Å²) < 4.78 is 0. The normalized spacial score (nSPS) is 14.0. The van der Waals surface area contributed by atoms with Crippen molar-refractivity contribution in [2.45, 2.75) is 19.4 Å². The molecule has 2 N–H and O–H groups in total. The molecule has 1 aromatic heterocycles. The van der Waals surface area contributed by atoms with Gasteiger partial charge in [0, 0.05) is 56.9 Å². The molecule has 0 unspecified atom stereocenters. The molecule has 3 rings (SSSR count). The fourth-order valence-electron chi connectivity index (χ4n) is 2.94. The Bertz CT molecular complexity index is 689. The largest absolute Gasteiger partial charge is 0.373 e. The van der Waals surface area contributed by atoms with Gasteiger partial charge in [0.1, 0.15) is 0 Å². The first-order valence-corrected chi connectivity index (χ1v) is 8.42. The molecule has 0 bridgehead atoms. The Labute approximate surface area is 143 Å². The summed E-state index contributed by atoms with van der Waals surface area (Å²) in [5, 5.41) is 0. The Balaban J connectivity index is 1.74. The first-order valence-electron chi connectivity index (χ1n) is 8.42. The maximum absolute atomic E-state index is 5.65. The van der Waals surface area contributed by atoms with Crippen molar-refractivity contribution in [2.75, 3.05) is 31.6 Å². The first kappa shape index (κ1) is 16.5. The molecule has 1 aliphatic rings. The second-order valence-corrected chi connectivity index (χ2v) is 6.29. The Morgan fingerprint density at radius 1 is 1.21 bits per heavy atom. The Hall–Kier alpha value is -2.40. The highest BCUT2D eigenvalue weighted by atomic mass is 15.3. The molecule has 1 saturated heterocycles. The molecule has 0 spiro atoms. The summed E-state index contributed by atoms with van der Waals surface area (Å²) >= 11 is 0. The maximum Gasteiger partial charge on any atom is 0.225 e. The molecule has 0 aliphatic carbocycles. The summed E-state index contributed by atoms with van der Waals surface area (Å²) in [5.41, 5.74) is 9.97. The average Bonchev–Trinajstić information content (AvgIpc) is 3.16. The zero-order valence-electron chi connectivity index (χ0n) is 14.3. The lowest BCUT2D eigenvalue weighted by Crippen LogP contribution is -2.22. The second-order valence-electron chi connectivity index (χ2n) is 6.29. The predicted octanol–water partition coefficient (Wildman–Crippen LogP) is 2.65. The summed E-state index contributed by atoms with van der Waals surface area (Å²) in [6.07, 6.45) is 6.30. The quantitative estimate of drug-likeness (QED) is 0.885. The lowest BCUT2D eigenvalue weighted by molar-refractivity contribution is 0.407. The van der Waals surface area contributed by atoms with Gasteiger partial charge in [0.2, 0.25) is 5.95 Å². The zero-order chi connectivity index (χ0) is 16.9. The van der Waals surface area contributed by atoms with Crippen LogP contribution in [0.5, 0.6) is 0 Å². The fourth-order valence-corrected chi connectivity index (χ4v) is 2.94. The van der Waals surface area contributed by atoms with E-state index >= 15 is 0 Å². The minimum absolute atomic E-state index is 0.474. The van der Waals surface area contributed by atoms with Crippen molar-refractivity contribution < 1.29 is 0 Å². The van der Waals surface area contributed by atoms with Gasteiger partial charge >= 0.3 is 0 Å². The van der Waals surface area contributed by atoms with Gasteiger partial charge in [-0.3, -0.25) is 0 Å². The van der Waals surface area contributed by atoms with Crippen LogP contribution < -0.4 is 10.6 Å². The van der Waals surface area contributed by atoms with E-state index in [4.69, 9.17) is 5.73 Å². The van der Waals surface area contributed by atoms with Crippen LogP contribution in [0.1, 0.15) is 18.4 Å². The molecule has 0 radical (unpaired) electrons. The van der Waals surface area contributed by atoms with Crippen molar-refractivity contribution >= 4 is 5.95 Å². The highest BCUT2D eigenvalue weighted by molar-refractivity contribution is 5.63. The number of hydrogen-bond acceptors (Lipinski definition) is 5. The summed E-state index contributed by atoms with van der Waals surface area (Å²) in [7, 11) is 2.01. The van der Waals surface area contributed by atoms with E-state index in [2.05, 4.69) is 50.6 Å². The van der Waals surface area contributed by atoms with Gasteiger partial charge in [-0.15, -0.1) is 0 Å². The van der Waals surface area contributed by atoms with Crippen LogP contribution in [0.25, 0.3) is 11.1 Å². The molecule has 1 fully saturated rings. The summed E-state index contributed by atoms with van der Waals surface area (Å²) in [6, 6.07) is 8.45. The number of aromatic nitrogens is 2. The molecule has 0 atom stereocenters. The van der Waals surface area contributed by atoms with Crippen LogP contribution in [0.4, 0.5) is 5.95 Å². The Morgan fingerprint density at radius 3 is 2.58 bits per heavy atom. The van der Waals surface area contributed by atoms with E-state index in [0.29, 0.717) is 6.54 Å². The van der Waals surface area contributed by atoms with Crippen LogP contribution in [0, 0.1) is 0 Å². The number of nitrogens with two attached hydrogens (primary N) is 1. The van der Waals surface area contributed by atoms with Gasteiger partial charge in [-0.25, -0.2) is 9.97 Å². The van der Waals surface area contributed by atoms with Crippen molar-refractivity contribution in [3.63, 3.8) is 0 Å². The molecule has 2 aromatic rings. The first-order chi connectivity index (χ1) is 11.7. The number of hydrogen-bond donors (Lipinski definition) is 1.